The van der Waals surface area contributed by atoms with Gasteiger partial charge in [-0.05, 0) is 158 Å². The summed E-state index contributed by atoms with van der Waals surface area (Å²) in [6, 6.07) is 124. The van der Waals surface area contributed by atoms with Gasteiger partial charge in [-0.2, -0.15) is 0 Å². The molecular formula is C84H56B2N4OS. The number of hydrogen-bond donors (Lipinski definition) is 0. The Morgan fingerprint density at radius 1 is 0.261 bits per heavy atom. The van der Waals surface area contributed by atoms with Crippen molar-refractivity contribution in [1.29, 1.82) is 0 Å². The third-order valence-electron chi connectivity index (χ3n) is 18.7. The maximum absolute atomic E-state index is 7.41. The van der Waals surface area contributed by atoms with Crippen LogP contribution in [0.4, 0.5) is 68.2 Å². The summed E-state index contributed by atoms with van der Waals surface area (Å²) in [6.07, 6.45) is 0. The van der Waals surface area contributed by atoms with Crippen LogP contribution in [0.2, 0.25) is 0 Å². The highest BCUT2D eigenvalue weighted by molar-refractivity contribution is 8.00. The van der Waals surface area contributed by atoms with Crippen LogP contribution in [0, 0.1) is 0 Å². The van der Waals surface area contributed by atoms with Gasteiger partial charge in [-0.15, -0.1) is 0 Å². The molecule has 92 heavy (non-hydrogen) atoms. The first-order chi connectivity index (χ1) is 45.6. The van der Waals surface area contributed by atoms with Gasteiger partial charge in [-0.1, -0.05) is 248 Å². The van der Waals surface area contributed by atoms with E-state index in [-0.39, 0.29) is 13.4 Å². The predicted octanol–water partition coefficient (Wildman–Crippen LogP) is 18.8. The van der Waals surface area contributed by atoms with Crippen LogP contribution in [-0.2, 0) is 0 Å². The lowest BCUT2D eigenvalue weighted by molar-refractivity contribution is 0.487. The normalized spacial score (nSPS) is 12.7. The first-order valence-corrected chi connectivity index (χ1v) is 32.4. The number of benzene rings is 14. The van der Waals surface area contributed by atoms with Gasteiger partial charge in [0.2, 0.25) is 6.71 Å². The van der Waals surface area contributed by atoms with E-state index in [1.165, 1.54) is 54.1 Å². The summed E-state index contributed by atoms with van der Waals surface area (Å²) in [4.78, 5) is 12.3. The van der Waals surface area contributed by atoms with Crippen molar-refractivity contribution in [3.63, 3.8) is 0 Å². The Morgan fingerprint density at radius 3 is 1.33 bits per heavy atom. The molecule has 0 radical (unpaired) electrons. The molecule has 0 unspecified atom stereocenters. The van der Waals surface area contributed by atoms with Crippen LogP contribution in [0.1, 0.15) is 0 Å². The van der Waals surface area contributed by atoms with Crippen molar-refractivity contribution in [1.82, 2.24) is 0 Å². The monoisotopic (exact) mass is 1190 g/mol. The van der Waals surface area contributed by atoms with Crippen LogP contribution in [0.5, 0.6) is 11.5 Å². The van der Waals surface area contributed by atoms with Crippen molar-refractivity contribution in [2.24, 2.45) is 0 Å². The SMILES string of the molecule is c1ccc(-c2ccc(N(c3ccc(-c4ccccc4)cc3)c3cc4c5c(c3)N(c3ccccc3-c3ccccc3)c3cc6c(cc3B5c3ccccc3O4)B3c4ccccc4N(c4ccccc4)c4cc(N(c5ccccc5)c5ccccc5)cc(c43)S6)cc2)cc1. The first kappa shape index (κ1) is 53.6. The average Bonchev–Trinajstić information content (AvgIpc) is 0.713. The molecule has 0 saturated carbocycles. The highest BCUT2D eigenvalue weighted by Gasteiger charge is 2.47. The zero-order chi connectivity index (χ0) is 60.6. The Kier molecular flexibility index (Phi) is 13.0. The molecule has 0 N–H and O–H groups in total. The fraction of sp³-hybridized carbons (Fsp3) is 0. The highest BCUT2D eigenvalue weighted by atomic mass is 32.2. The van der Waals surface area contributed by atoms with Gasteiger partial charge in [-0.3, -0.25) is 0 Å². The fourth-order valence-corrected chi connectivity index (χ4v) is 15.9. The van der Waals surface area contributed by atoms with E-state index in [0.29, 0.717) is 0 Å². The topological polar surface area (TPSA) is 22.2 Å². The third kappa shape index (κ3) is 8.97. The zero-order valence-electron chi connectivity index (χ0n) is 50.1. The molecule has 0 amide bonds. The van der Waals surface area contributed by atoms with Gasteiger partial charge in [0.1, 0.15) is 11.5 Å². The van der Waals surface area contributed by atoms with Gasteiger partial charge >= 0.3 is 0 Å². The largest absolute Gasteiger partial charge is 0.458 e. The molecule has 0 atom stereocenters. The van der Waals surface area contributed by atoms with E-state index in [0.717, 1.165) is 102 Å². The molecule has 4 heterocycles. The summed E-state index contributed by atoms with van der Waals surface area (Å²) in [5.74, 6) is 1.69. The number of rotatable bonds is 11. The summed E-state index contributed by atoms with van der Waals surface area (Å²) in [7, 11) is 0. The number of anilines is 12. The van der Waals surface area contributed by atoms with Crippen LogP contribution in [0.15, 0.2) is 350 Å². The lowest BCUT2D eigenvalue weighted by Gasteiger charge is -2.44. The second-order valence-electron chi connectivity index (χ2n) is 23.9. The summed E-state index contributed by atoms with van der Waals surface area (Å²) in [6.45, 7) is -0.270. The Morgan fingerprint density at radius 2 is 0.717 bits per heavy atom. The van der Waals surface area contributed by atoms with E-state index in [9.17, 15) is 0 Å². The summed E-state index contributed by atoms with van der Waals surface area (Å²) in [5.41, 5.74) is 27.4. The van der Waals surface area contributed by atoms with E-state index in [1.54, 1.807) is 0 Å². The van der Waals surface area contributed by atoms with Crippen molar-refractivity contribution < 1.29 is 4.74 Å². The molecule has 14 aromatic carbocycles. The van der Waals surface area contributed by atoms with Crippen LogP contribution < -0.4 is 57.1 Å². The van der Waals surface area contributed by atoms with E-state index >= 15 is 0 Å². The summed E-state index contributed by atoms with van der Waals surface area (Å²) >= 11 is 1.90. The molecule has 4 aliphatic heterocycles. The van der Waals surface area contributed by atoms with Crippen molar-refractivity contribution in [3.05, 3.63) is 340 Å². The van der Waals surface area contributed by atoms with Gasteiger partial charge in [0.25, 0.3) is 6.71 Å². The maximum atomic E-state index is 7.41. The second kappa shape index (κ2) is 22.2. The van der Waals surface area contributed by atoms with Crippen molar-refractivity contribution in [3.8, 4) is 44.9 Å². The lowest BCUT2D eigenvalue weighted by Crippen LogP contribution is -2.63. The summed E-state index contributed by atoms with van der Waals surface area (Å²) in [5, 5.41) is 0. The molecule has 0 bridgehead atoms. The number of para-hydroxylation sites is 6. The van der Waals surface area contributed by atoms with Gasteiger partial charge in [0, 0.05) is 78.3 Å². The quantitative estimate of drug-likeness (QED) is 0.120. The minimum absolute atomic E-state index is 0.0906. The number of hydrogen-bond acceptors (Lipinski definition) is 6. The van der Waals surface area contributed by atoms with E-state index in [2.05, 4.69) is 359 Å². The average molecular weight is 1190 g/mol. The van der Waals surface area contributed by atoms with Crippen LogP contribution in [0.25, 0.3) is 33.4 Å². The highest BCUT2D eigenvalue weighted by Crippen LogP contribution is 2.51. The molecule has 4 aliphatic rings. The van der Waals surface area contributed by atoms with Crippen LogP contribution in [-0.4, -0.2) is 13.4 Å². The predicted molar refractivity (Wildman–Crippen MR) is 388 cm³/mol. The Hall–Kier alpha value is -11.4. The fourth-order valence-electron chi connectivity index (χ4n) is 14.7. The van der Waals surface area contributed by atoms with Crippen molar-refractivity contribution in [2.75, 3.05) is 19.6 Å². The second-order valence-corrected chi connectivity index (χ2v) is 25.0. The van der Waals surface area contributed by atoms with Crippen LogP contribution >= 0.6 is 11.8 Å². The first-order valence-electron chi connectivity index (χ1n) is 31.5. The van der Waals surface area contributed by atoms with Crippen LogP contribution in [0.3, 0.4) is 0 Å². The van der Waals surface area contributed by atoms with Gasteiger partial charge in [0.15, 0.2) is 0 Å². The molecule has 18 rings (SSSR count). The maximum Gasteiger partial charge on any atom is 0.256 e. The number of fused-ring (bicyclic) bond motifs is 8. The Balaban J connectivity index is 0.891. The Labute approximate surface area is 541 Å². The standard InChI is InChI=1S/C84H56B2N4OS/c1-7-25-57(26-8-1)59-43-47-65(48-44-59)88(66-49-45-60(46-50-66)58-27-9-2-10-28-58)67-51-77-83-80(53-67)91-79-42-24-21-39-71(79)86(83)72-55-73-81(56-76(72)90(77)74-40-22-19-37-69(74)61-29-11-3-12-30-61)92-82-54-68(87(62-31-13-4-14-32-62)63-33-15-5-16-34-63)52-78-84(82)85(73)70-38-20-23-41-75(70)89(78)64-35-17-6-18-36-64/h1-56H. The molecule has 0 aromatic heterocycles. The molecule has 5 nitrogen and oxygen atoms in total. The molecule has 14 aromatic rings. The molecule has 0 spiro atoms. The smallest absolute Gasteiger partial charge is 0.256 e. The summed E-state index contributed by atoms with van der Waals surface area (Å²) < 4.78 is 7.41. The molecule has 8 heteroatoms. The number of nitrogens with zero attached hydrogens (tertiary/aromatic N) is 4. The van der Waals surface area contributed by atoms with E-state index < -0.39 is 0 Å². The molecule has 0 fully saturated rings. The third-order valence-corrected chi connectivity index (χ3v) is 19.8. The number of ether oxygens (including phenoxy) is 1. The van der Waals surface area contributed by atoms with Gasteiger partial charge < -0.3 is 24.3 Å². The molecule has 0 saturated heterocycles. The lowest BCUT2D eigenvalue weighted by atomic mass is 9.31. The molecular weight excluding hydrogens is 1130 g/mol. The minimum atomic E-state index is -0.179. The van der Waals surface area contributed by atoms with E-state index in [1.807, 2.05) is 11.8 Å². The Bertz CT molecular complexity index is 5000. The molecule has 0 aliphatic carbocycles. The van der Waals surface area contributed by atoms with Gasteiger partial charge in [-0.25, -0.2) is 0 Å². The van der Waals surface area contributed by atoms with Gasteiger partial charge in [0.05, 0.1) is 11.4 Å². The van der Waals surface area contributed by atoms with Crippen molar-refractivity contribution >= 4 is 126 Å². The molecule has 430 valence electrons. The van der Waals surface area contributed by atoms with E-state index in [4.69, 9.17) is 4.74 Å². The van der Waals surface area contributed by atoms with Crippen molar-refractivity contribution in [2.45, 2.75) is 9.79 Å². The zero-order valence-corrected chi connectivity index (χ0v) is 50.9. The minimum Gasteiger partial charge on any atom is -0.458 e.